The molecule has 10 aromatic carbocycles. The van der Waals surface area contributed by atoms with Crippen molar-refractivity contribution in [3.63, 3.8) is 0 Å². The van der Waals surface area contributed by atoms with E-state index in [1.165, 1.54) is 218 Å². The summed E-state index contributed by atoms with van der Waals surface area (Å²) in [7, 11) is 1.10. The zero-order valence-electron chi connectivity index (χ0n) is 81.9. The van der Waals surface area contributed by atoms with Crippen LogP contribution in [0, 0.1) is 24.3 Å². The maximum absolute atomic E-state index is 10.7. The van der Waals surface area contributed by atoms with Crippen LogP contribution in [0.2, 0.25) is 0 Å². The van der Waals surface area contributed by atoms with Crippen molar-refractivity contribution in [1.82, 2.24) is 0 Å². The molecule has 12 nitrogen and oxygen atoms in total. The van der Waals surface area contributed by atoms with Gasteiger partial charge in [0.15, 0.2) is 0 Å². The van der Waals surface area contributed by atoms with Crippen molar-refractivity contribution in [2.45, 2.75) is 166 Å². The first-order valence-corrected chi connectivity index (χ1v) is 63.0. The molecular weight excluding hydrogens is 2460 g/mol. The largest absolute Gasteiger partial charge is 0.478 e. The van der Waals surface area contributed by atoms with E-state index < -0.39 is 23.9 Å². The second-order valence-corrected chi connectivity index (χ2v) is 58.0. The molecule has 724 valence electrons. The van der Waals surface area contributed by atoms with Crippen LogP contribution < -0.4 is 0 Å². The second-order valence-electron chi connectivity index (χ2n) is 29.0. The fourth-order valence-corrected chi connectivity index (χ4v) is 24.4. The number of carboxylic acids is 4. The van der Waals surface area contributed by atoms with Crippen molar-refractivity contribution < 1.29 is 124 Å². The Balaban J connectivity index is -0.000000325. The van der Waals surface area contributed by atoms with E-state index in [0.717, 1.165) is 21.5 Å². The summed E-state index contributed by atoms with van der Waals surface area (Å²) in [5, 5.41) is 60.3. The molecule has 10 aromatic rings. The van der Waals surface area contributed by atoms with Crippen molar-refractivity contribution in [2.24, 2.45) is 20.5 Å². The van der Waals surface area contributed by atoms with Crippen LogP contribution >= 0.6 is 63.4 Å². The summed E-state index contributed by atoms with van der Waals surface area (Å²) in [4.78, 5) is 42.7. The number of fused-ring (bicyclic) bond motifs is 4. The molecule has 0 spiro atoms. The molecule has 0 aliphatic rings. The number of azo groups is 2. The molecule has 24 heteroatoms. The van der Waals surface area contributed by atoms with Gasteiger partial charge in [-0.2, -0.15) is 20.5 Å². The molecule has 0 atom stereocenters. The van der Waals surface area contributed by atoms with Crippen molar-refractivity contribution in [3.05, 3.63) is 241 Å². The number of carboxylic acid groups (broad SMARTS) is 4. The monoisotopic (exact) mass is 2620 g/mol. The summed E-state index contributed by atoms with van der Waals surface area (Å²) >= 11 is 0. The van der Waals surface area contributed by atoms with Gasteiger partial charge in [-0.15, -0.1) is 164 Å². The fourth-order valence-electron chi connectivity index (χ4n) is 12.4. The molecule has 128 heavy (non-hydrogen) atoms. The van der Waals surface area contributed by atoms with E-state index in [1.54, 1.807) is 48.5 Å². The Morgan fingerprint density at radius 3 is 0.438 bits per heavy atom. The number of nitrogens with zero attached hydrogens (tertiary/aromatic N) is 4. The maximum Gasteiger partial charge on any atom is 0.335 e. The Labute approximate surface area is 844 Å². The van der Waals surface area contributed by atoms with Crippen molar-refractivity contribution in [1.29, 1.82) is 0 Å². The fraction of sp³-hybridized carbons (Fsp3) is 0.462. The Kier molecular flexibility index (Phi) is 93.8. The Morgan fingerprint density at radius 1 is 0.211 bits per heavy atom. The predicted molar refractivity (Wildman–Crippen MR) is 580 cm³/mol. The smallest absolute Gasteiger partial charge is 0.335 e. The molecule has 0 fully saturated rings. The third kappa shape index (κ3) is 62.2. The van der Waals surface area contributed by atoms with Gasteiger partial charge in [-0.25, -0.2) is 19.2 Å². The van der Waals surface area contributed by atoms with Gasteiger partial charge in [-0.3, -0.25) is 0 Å². The van der Waals surface area contributed by atoms with Crippen LogP contribution in [0.25, 0.3) is 43.1 Å². The second kappa shape index (κ2) is 88.8. The summed E-state index contributed by atoms with van der Waals surface area (Å²) in [6, 6.07) is 69.6. The van der Waals surface area contributed by atoms with E-state index in [9.17, 15) is 19.2 Å². The van der Waals surface area contributed by atoms with E-state index in [1.807, 2.05) is 48.5 Å². The van der Waals surface area contributed by atoms with Gasteiger partial charge in [0.1, 0.15) is 0 Å². The van der Waals surface area contributed by atoms with Crippen LogP contribution in [0.1, 0.15) is 208 Å². The van der Waals surface area contributed by atoms with Crippen LogP contribution in [0.3, 0.4) is 0 Å². The van der Waals surface area contributed by atoms with Crippen LogP contribution in [-0.4, -0.2) is 192 Å². The first-order chi connectivity index (χ1) is 59.8. The minimum atomic E-state index is -1.00. The average Bonchev–Trinajstić information content (AvgIpc) is 0.812. The van der Waals surface area contributed by atoms with Gasteiger partial charge in [-0.1, -0.05) is 0 Å². The summed E-state index contributed by atoms with van der Waals surface area (Å²) in [6.45, 7) is 55.4. The minimum absolute atomic E-state index is 0. The minimum Gasteiger partial charge on any atom is -0.478 e. The molecule has 0 heterocycles. The van der Waals surface area contributed by atoms with E-state index in [4.69, 9.17) is 20.4 Å². The SMILES string of the molecule is CC[PH+](CC)CC.CC[PH+](CC)CC.CC[PH+](CC)CC.CC[PH+](CC)CC.CC[PH+](CC)CC.CC[PH+](CC)CC.CC[PH+](CC)CC.CC[PH+](CC)CC.O=C(O)c1ccc(N=Nc2ccc(C(=O)O)cc2)cc1.O=C(O)c1ccc(N=Nc2ccc(C(=O)O)cc2)cc1.[Pt].[Pt].[Pt].[Pt].[c-]1cccc2cc3ccc[c-]c3cc12.[c-]1cccc2cc3ccc[c-]c3cc12. The summed E-state index contributed by atoms with van der Waals surface area (Å²) in [5.74, 6) is -4.01. The van der Waals surface area contributed by atoms with Crippen molar-refractivity contribution in [2.75, 3.05) is 148 Å². The number of aromatic carboxylic acids is 4. The topological polar surface area (TPSA) is 199 Å². The molecule has 0 aromatic heterocycles. The van der Waals surface area contributed by atoms with Gasteiger partial charge >= 0.3 is 23.9 Å². The first kappa shape index (κ1) is 135. The number of rotatable bonds is 32. The quantitative estimate of drug-likeness (QED) is 0.0138. The summed E-state index contributed by atoms with van der Waals surface area (Å²) in [6.07, 6.45) is 34.9. The number of hydrogen-bond acceptors (Lipinski definition) is 8. The van der Waals surface area contributed by atoms with Gasteiger partial charge in [0.05, 0.1) is 193 Å². The van der Waals surface area contributed by atoms with Gasteiger partial charge < -0.3 is 20.4 Å². The molecule has 0 aliphatic heterocycles. The number of hydrogen-bond donors (Lipinski definition) is 4. The molecule has 0 saturated carbocycles. The normalized spacial score (nSPS) is 10.2. The molecule has 0 bridgehead atoms. The molecular formula is C104H164N4O8P8Pt4+4. The number of benzene rings is 10. The summed E-state index contributed by atoms with van der Waals surface area (Å²) < 4.78 is 0. The van der Waals surface area contributed by atoms with Crippen LogP contribution in [0.15, 0.2) is 215 Å². The maximum atomic E-state index is 10.7. The molecule has 0 aliphatic carbocycles. The Hall–Kier alpha value is -3.49. The van der Waals surface area contributed by atoms with Crippen LogP contribution in [0.5, 0.6) is 0 Å². The predicted octanol–water partition coefficient (Wildman–Crippen LogP) is 32.3. The van der Waals surface area contributed by atoms with E-state index in [2.05, 4.69) is 259 Å². The van der Waals surface area contributed by atoms with Crippen LogP contribution in [-0.2, 0) is 84.3 Å². The first-order valence-electron chi connectivity index (χ1n) is 46.0. The van der Waals surface area contributed by atoms with Crippen LogP contribution in [0.4, 0.5) is 22.7 Å². The average molecular weight is 2630 g/mol. The van der Waals surface area contributed by atoms with Gasteiger partial charge in [-0.05, 0) is 327 Å². The molecule has 10 rings (SSSR count). The van der Waals surface area contributed by atoms with Gasteiger partial charge in [0.2, 0.25) is 0 Å². The molecule has 0 amide bonds. The number of carbonyl (C=O) groups is 4. The van der Waals surface area contributed by atoms with Crippen molar-refractivity contribution in [3.8, 4) is 0 Å². The Morgan fingerprint density at radius 2 is 0.336 bits per heavy atom. The third-order valence-corrected chi connectivity index (χ3v) is 45.9. The third-order valence-electron chi connectivity index (χ3n) is 21.9. The van der Waals surface area contributed by atoms with Gasteiger partial charge in [0, 0.05) is 84.3 Å². The summed E-state index contributed by atoms with van der Waals surface area (Å²) in [5.41, 5.74) is 2.75. The van der Waals surface area contributed by atoms with Crippen molar-refractivity contribution >= 4 is 153 Å². The standard InChI is InChI=1S/2C14H10N2O4.2C14H8.8C6H15P.4Pt/c2*17-13(18)9-1-5-11(6-2-9)15-16-12-7-3-10(4-8-12)14(19)20;2*1-2-6-12-10-14-8-4-3-7-13(14)9-11(12)5-1;8*1-4-7(5-2)6-3;;;;/h2*1-8H,(H,17,18)(H,19,20);2*1-5,7,9-10H;8*4-6H2,1-3H3;;;;/q;;2*-2;;;;;;;;;;;;/p+8. The molecule has 0 unspecified atom stereocenters. The van der Waals surface area contributed by atoms with Gasteiger partial charge in [0.25, 0.3) is 0 Å². The molecule has 4 N–H and O–H groups in total. The Bertz CT molecular complexity index is 3650. The zero-order valence-corrected chi connectivity index (χ0v) is 99.0. The zero-order chi connectivity index (χ0) is 93.4. The van der Waals surface area contributed by atoms with E-state index >= 15 is 0 Å². The van der Waals surface area contributed by atoms with E-state index in [-0.39, 0.29) is 170 Å². The molecule has 0 radical (unpaired) electrons. The molecule has 0 saturated heterocycles. The van der Waals surface area contributed by atoms with E-state index in [0.29, 0.717) is 22.7 Å².